The summed E-state index contributed by atoms with van der Waals surface area (Å²) in [7, 11) is 0. The number of para-hydroxylation sites is 1. The molecule has 9 atom stereocenters. The van der Waals surface area contributed by atoms with Crippen LogP contribution in [0.4, 0.5) is 0 Å². The van der Waals surface area contributed by atoms with Crippen molar-refractivity contribution in [3.8, 4) is 5.75 Å². The number of rotatable bonds is 5. The molecule has 1 aromatic rings. The molecule has 27 heavy (non-hydrogen) atoms. The van der Waals surface area contributed by atoms with Gasteiger partial charge in [-0.15, -0.1) is 0 Å². The normalized spacial score (nSPS) is 42.7. The van der Waals surface area contributed by atoms with Crippen LogP contribution in [0.25, 0.3) is 0 Å². The van der Waals surface area contributed by atoms with E-state index in [1.807, 2.05) is 0 Å². The van der Waals surface area contributed by atoms with Crippen LogP contribution in [0.1, 0.15) is 0 Å². The Morgan fingerprint density at radius 1 is 0.815 bits per heavy atom. The van der Waals surface area contributed by atoms with Crippen LogP contribution < -0.4 is 4.74 Å². The van der Waals surface area contributed by atoms with Crippen molar-refractivity contribution in [1.82, 2.24) is 0 Å². The van der Waals surface area contributed by atoms with E-state index in [0.29, 0.717) is 5.75 Å². The second-order valence-corrected chi connectivity index (χ2v) is 6.53. The molecule has 10 nitrogen and oxygen atoms in total. The Balaban J connectivity index is 1.60. The average molecular weight is 388 g/mol. The first-order valence-electron chi connectivity index (χ1n) is 8.57. The van der Waals surface area contributed by atoms with Gasteiger partial charge in [-0.05, 0) is 12.1 Å². The lowest BCUT2D eigenvalue weighted by Crippen LogP contribution is -2.61. The fourth-order valence-corrected chi connectivity index (χ4v) is 2.90. The predicted octanol–water partition coefficient (Wildman–Crippen LogP) is -2.67. The Morgan fingerprint density at radius 2 is 1.48 bits per heavy atom. The summed E-state index contributed by atoms with van der Waals surface area (Å²) < 4.78 is 21.4. The fourth-order valence-electron chi connectivity index (χ4n) is 2.90. The maximum absolute atomic E-state index is 10.1. The number of hydrogen-bond acceptors (Lipinski definition) is 10. The van der Waals surface area contributed by atoms with E-state index in [0.717, 1.165) is 0 Å². The Kier molecular flexibility index (Phi) is 6.63. The minimum Gasteiger partial charge on any atom is -0.462 e. The van der Waals surface area contributed by atoms with E-state index in [1.54, 1.807) is 30.3 Å². The molecule has 0 radical (unpaired) electrons. The summed E-state index contributed by atoms with van der Waals surface area (Å²) in [5, 5.41) is 59.2. The SMILES string of the molecule is O[C@@H]1[C@@H](O)[C@H](Oc2ccccc2)O[C@H](CO[C@@H]2OC[C@@H](O)[C@H](O)[C@H]2O)[C@H]1O. The predicted molar refractivity (Wildman–Crippen MR) is 87.5 cm³/mol. The topological polar surface area (TPSA) is 158 Å². The number of aliphatic hydroxyl groups excluding tert-OH is 6. The van der Waals surface area contributed by atoms with Gasteiger partial charge in [-0.25, -0.2) is 0 Å². The van der Waals surface area contributed by atoms with Crippen LogP contribution in [0.2, 0.25) is 0 Å². The third kappa shape index (κ3) is 4.57. The van der Waals surface area contributed by atoms with Crippen molar-refractivity contribution in [3.05, 3.63) is 30.3 Å². The zero-order chi connectivity index (χ0) is 19.6. The standard InChI is InChI=1S/C17H24O10/c18-9-6-24-16(14(22)11(9)19)25-7-10-12(20)13(21)15(23)17(27-10)26-8-4-2-1-3-5-8/h1-5,9-23H,6-7H2/t9-,10-,11+,12-,13+,14-,15-,16+,17-/m1/s1. The first-order valence-corrected chi connectivity index (χ1v) is 8.57. The van der Waals surface area contributed by atoms with Gasteiger partial charge in [-0.3, -0.25) is 0 Å². The molecule has 0 aliphatic carbocycles. The van der Waals surface area contributed by atoms with Crippen molar-refractivity contribution >= 4 is 0 Å². The lowest BCUT2D eigenvalue weighted by molar-refractivity contribution is -0.307. The second kappa shape index (κ2) is 8.78. The van der Waals surface area contributed by atoms with Gasteiger partial charge in [0.05, 0.1) is 13.2 Å². The molecule has 0 unspecified atom stereocenters. The van der Waals surface area contributed by atoms with Gasteiger partial charge in [-0.1, -0.05) is 18.2 Å². The third-order valence-electron chi connectivity index (χ3n) is 4.54. The van der Waals surface area contributed by atoms with Gasteiger partial charge in [0.15, 0.2) is 6.29 Å². The largest absolute Gasteiger partial charge is 0.462 e. The van der Waals surface area contributed by atoms with Gasteiger partial charge in [0.25, 0.3) is 0 Å². The molecule has 0 bridgehead atoms. The van der Waals surface area contributed by atoms with Crippen LogP contribution in [0.3, 0.4) is 0 Å². The molecular formula is C17H24O10. The summed E-state index contributed by atoms with van der Waals surface area (Å²) in [4.78, 5) is 0. The highest BCUT2D eigenvalue weighted by atomic mass is 16.7. The number of hydrogen-bond donors (Lipinski definition) is 6. The van der Waals surface area contributed by atoms with Crippen molar-refractivity contribution in [1.29, 1.82) is 0 Å². The molecule has 0 saturated carbocycles. The van der Waals surface area contributed by atoms with Crippen LogP contribution in [-0.4, -0.2) is 99.2 Å². The van der Waals surface area contributed by atoms with Gasteiger partial charge in [-0.2, -0.15) is 0 Å². The minimum atomic E-state index is -1.55. The van der Waals surface area contributed by atoms with E-state index in [2.05, 4.69) is 0 Å². The highest BCUT2D eigenvalue weighted by Crippen LogP contribution is 2.25. The molecule has 2 aliphatic heterocycles. The summed E-state index contributed by atoms with van der Waals surface area (Å²) in [5.41, 5.74) is 0. The zero-order valence-electron chi connectivity index (χ0n) is 14.3. The Hall–Kier alpha value is -1.34. The molecule has 0 amide bonds. The van der Waals surface area contributed by atoms with E-state index in [-0.39, 0.29) is 13.2 Å². The van der Waals surface area contributed by atoms with Gasteiger partial charge in [0, 0.05) is 0 Å². The summed E-state index contributed by atoms with van der Waals surface area (Å²) in [5.74, 6) is 0.396. The van der Waals surface area contributed by atoms with Crippen molar-refractivity contribution in [2.75, 3.05) is 13.2 Å². The molecule has 2 aliphatic rings. The lowest BCUT2D eigenvalue weighted by atomic mass is 9.99. The Morgan fingerprint density at radius 3 is 2.19 bits per heavy atom. The van der Waals surface area contributed by atoms with Crippen molar-refractivity contribution < 1.29 is 49.6 Å². The van der Waals surface area contributed by atoms with Gasteiger partial charge < -0.3 is 49.6 Å². The summed E-state index contributed by atoms with van der Waals surface area (Å²) in [6, 6.07) is 8.49. The summed E-state index contributed by atoms with van der Waals surface area (Å²) in [6.07, 6.45) is -12.3. The molecule has 2 heterocycles. The van der Waals surface area contributed by atoms with E-state index in [9.17, 15) is 30.6 Å². The highest BCUT2D eigenvalue weighted by molar-refractivity contribution is 5.21. The average Bonchev–Trinajstić information content (AvgIpc) is 2.67. The van der Waals surface area contributed by atoms with E-state index < -0.39 is 55.3 Å². The Labute approximate surface area is 155 Å². The van der Waals surface area contributed by atoms with E-state index >= 15 is 0 Å². The van der Waals surface area contributed by atoms with Gasteiger partial charge >= 0.3 is 0 Å². The molecule has 2 fully saturated rings. The molecule has 0 aromatic heterocycles. The van der Waals surface area contributed by atoms with Crippen molar-refractivity contribution in [2.45, 2.75) is 55.3 Å². The molecule has 152 valence electrons. The van der Waals surface area contributed by atoms with Crippen LogP contribution >= 0.6 is 0 Å². The maximum Gasteiger partial charge on any atom is 0.229 e. The number of benzene rings is 1. The molecule has 1 aromatic carbocycles. The number of aliphatic hydroxyl groups is 6. The molecule has 10 heteroatoms. The zero-order valence-corrected chi connectivity index (χ0v) is 14.3. The second-order valence-electron chi connectivity index (χ2n) is 6.53. The van der Waals surface area contributed by atoms with Crippen LogP contribution in [0.15, 0.2) is 30.3 Å². The summed E-state index contributed by atoms with van der Waals surface area (Å²) >= 11 is 0. The molecule has 2 saturated heterocycles. The molecule has 0 spiro atoms. The number of ether oxygens (including phenoxy) is 4. The van der Waals surface area contributed by atoms with Gasteiger partial charge in [0.1, 0.15) is 48.5 Å². The molecule has 3 rings (SSSR count). The smallest absolute Gasteiger partial charge is 0.229 e. The first-order chi connectivity index (χ1) is 12.9. The lowest BCUT2D eigenvalue weighted by Gasteiger charge is -2.41. The Bertz CT molecular complexity index is 586. The van der Waals surface area contributed by atoms with Gasteiger partial charge in [0.2, 0.25) is 6.29 Å². The maximum atomic E-state index is 10.1. The van der Waals surface area contributed by atoms with Crippen LogP contribution in [-0.2, 0) is 14.2 Å². The first kappa shape index (κ1) is 20.4. The monoisotopic (exact) mass is 388 g/mol. The molecular weight excluding hydrogens is 364 g/mol. The van der Waals surface area contributed by atoms with Crippen molar-refractivity contribution in [3.63, 3.8) is 0 Å². The van der Waals surface area contributed by atoms with Crippen LogP contribution in [0, 0.1) is 0 Å². The quantitative estimate of drug-likeness (QED) is 0.314. The van der Waals surface area contributed by atoms with E-state index in [4.69, 9.17) is 18.9 Å². The van der Waals surface area contributed by atoms with E-state index in [1.165, 1.54) is 0 Å². The van der Waals surface area contributed by atoms with Crippen LogP contribution in [0.5, 0.6) is 5.75 Å². The fraction of sp³-hybridized carbons (Fsp3) is 0.647. The minimum absolute atomic E-state index is 0.238. The third-order valence-corrected chi connectivity index (χ3v) is 4.54. The highest BCUT2D eigenvalue weighted by Gasteiger charge is 2.46. The van der Waals surface area contributed by atoms with Crippen molar-refractivity contribution in [2.24, 2.45) is 0 Å². The molecule has 6 N–H and O–H groups in total. The summed E-state index contributed by atoms with van der Waals surface area (Å²) in [6.45, 7) is -0.567.